The molecule has 0 unspecified atom stereocenters. The number of rotatable bonds is 9. The third-order valence-corrected chi connectivity index (χ3v) is 3.43. The summed E-state index contributed by atoms with van der Waals surface area (Å²) in [7, 11) is 0. The maximum absolute atomic E-state index is 11.5. The summed E-state index contributed by atoms with van der Waals surface area (Å²) in [5, 5.41) is 11.3. The quantitative estimate of drug-likeness (QED) is 0.687. The summed E-state index contributed by atoms with van der Waals surface area (Å²) in [5.41, 5.74) is 0.767. The average Bonchev–Trinajstić information content (AvgIpc) is 2.95. The predicted octanol–water partition coefficient (Wildman–Crippen LogP) is 1.78. The Morgan fingerprint density at radius 2 is 2.23 bits per heavy atom. The van der Waals surface area contributed by atoms with Crippen molar-refractivity contribution in [1.82, 2.24) is 25.1 Å². The fraction of sp³-hybridized carbons (Fsp3) is 0.571. The predicted molar refractivity (Wildman–Crippen MR) is 87.1 cm³/mol. The van der Waals surface area contributed by atoms with Crippen molar-refractivity contribution in [2.24, 2.45) is 0 Å². The molecule has 0 fully saturated rings. The largest absolute Gasteiger partial charge is 0.369 e. The molecule has 22 heavy (non-hydrogen) atoms. The zero-order valence-electron chi connectivity index (χ0n) is 12.7. The lowest BCUT2D eigenvalue weighted by Crippen LogP contribution is -2.27. The summed E-state index contributed by atoms with van der Waals surface area (Å²) in [6.45, 7) is 4.04. The van der Waals surface area contributed by atoms with Crippen LogP contribution in [0.4, 0.5) is 5.82 Å². The molecule has 0 radical (unpaired) electrons. The SMILES string of the molecule is CCCNc1ncnc2c1cnn2CCNC(=O)CCCCl. The van der Waals surface area contributed by atoms with Crippen LogP contribution in [-0.4, -0.2) is 44.6 Å². The molecule has 2 heterocycles. The third-order valence-electron chi connectivity index (χ3n) is 3.16. The molecule has 0 bridgehead atoms. The second kappa shape index (κ2) is 8.53. The number of anilines is 1. The first-order valence-corrected chi connectivity index (χ1v) is 8.02. The van der Waals surface area contributed by atoms with Gasteiger partial charge in [-0.15, -0.1) is 11.6 Å². The van der Waals surface area contributed by atoms with Crippen LogP contribution >= 0.6 is 11.6 Å². The first kappa shape index (κ1) is 16.5. The van der Waals surface area contributed by atoms with Gasteiger partial charge in [-0.3, -0.25) is 4.79 Å². The van der Waals surface area contributed by atoms with E-state index in [2.05, 4.69) is 32.6 Å². The molecule has 0 spiro atoms. The van der Waals surface area contributed by atoms with Gasteiger partial charge in [0.15, 0.2) is 5.65 Å². The van der Waals surface area contributed by atoms with Gasteiger partial charge in [0.05, 0.1) is 18.1 Å². The smallest absolute Gasteiger partial charge is 0.220 e. The number of nitrogens with one attached hydrogen (secondary N) is 2. The van der Waals surface area contributed by atoms with Gasteiger partial charge in [-0.1, -0.05) is 6.92 Å². The number of aromatic nitrogens is 4. The van der Waals surface area contributed by atoms with E-state index >= 15 is 0 Å². The number of halogens is 1. The molecule has 8 heteroatoms. The number of carbonyl (C=O) groups excluding carboxylic acids is 1. The standard InChI is InChI=1S/C14H21ClN6O/c1-2-6-17-13-11-9-20-21(14(11)19-10-18-13)8-7-16-12(22)4-3-5-15/h9-10H,2-8H2,1H3,(H,16,22)(H,17,18,19). The van der Waals surface area contributed by atoms with Crippen molar-refractivity contribution >= 4 is 34.4 Å². The van der Waals surface area contributed by atoms with Crippen LogP contribution in [0, 0.1) is 0 Å². The zero-order chi connectivity index (χ0) is 15.8. The van der Waals surface area contributed by atoms with E-state index in [-0.39, 0.29) is 5.91 Å². The lowest BCUT2D eigenvalue weighted by Gasteiger charge is -2.07. The van der Waals surface area contributed by atoms with Crippen molar-refractivity contribution in [2.45, 2.75) is 32.7 Å². The Morgan fingerprint density at radius 3 is 3.00 bits per heavy atom. The lowest BCUT2D eigenvalue weighted by atomic mass is 10.3. The summed E-state index contributed by atoms with van der Waals surface area (Å²) < 4.78 is 1.77. The minimum Gasteiger partial charge on any atom is -0.369 e. The van der Waals surface area contributed by atoms with Gasteiger partial charge in [0, 0.05) is 25.4 Å². The molecule has 2 aromatic heterocycles. The second-order valence-electron chi connectivity index (χ2n) is 4.90. The van der Waals surface area contributed by atoms with Gasteiger partial charge in [0.25, 0.3) is 0 Å². The number of fused-ring (bicyclic) bond motifs is 1. The fourth-order valence-electron chi connectivity index (χ4n) is 2.06. The highest BCUT2D eigenvalue weighted by molar-refractivity contribution is 6.17. The van der Waals surface area contributed by atoms with Gasteiger partial charge in [0.2, 0.25) is 5.91 Å². The average molecular weight is 325 g/mol. The zero-order valence-corrected chi connectivity index (χ0v) is 13.4. The Morgan fingerprint density at radius 1 is 1.36 bits per heavy atom. The molecule has 0 aliphatic rings. The molecular formula is C14H21ClN6O. The molecule has 0 aliphatic heterocycles. The molecule has 0 saturated heterocycles. The Labute approximate surface area is 134 Å². The fourth-order valence-corrected chi connectivity index (χ4v) is 2.19. The highest BCUT2D eigenvalue weighted by Gasteiger charge is 2.09. The molecule has 0 aliphatic carbocycles. The summed E-state index contributed by atoms with van der Waals surface area (Å²) in [4.78, 5) is 20.0. The number of nitrogens with zero attached hydrogens (tertiary/aromatic N) is 4. The Balaban J connectivity index is 1.96. The van der Waals surface area contributed by atoms with Crippen molar-refractivity contribution < 1.29 is 4.79 Å². The highest BCUT2D eigenvalue weighted by atomic mass is 35.5. The summed E-state index contributed by atoms with van der Waals surface area (Å²) >= 11 is 5.56. The van der Waals surface area contributed by atoms with Gasteiger partial charge < -0.3 is 10.6 Å². The number of alkyl halides is 1. The van der Waals surface area contributed by atoms with Gasteiger partial charge in [-0.2, -0.15) is 5.10 Å². The normalized spacial score (nSPS) is 10.8. The van der Waals surface area contributed by atoms with Crippen LogP contribution in [0.15, 0.2) is 12.5 Å². The second-order valence-corrected chi connectivity index (χ2v) is 5.27. The molecule has 1 amide bonds. The molecule has 0 saturated carbocycles. The van der Waals surface area contributed by atoms with E-state index in [1.165, 1.54) is 6.33 Å². The van der Waals surface area contributed by atoms with E-state index in [0.29, 0.717) is 31.8 Å². The molecular weight excluding hydrogens is 304 g/mol. The minimum absolute atomic E-state index is 0.0111. The van der Waals surface area contributed by atoms with Crippen molar-refractivity contribution in [2.75, 3.05) is 24.3 Å². The first-order valence-electron chi connectivity index (χ1n) is 7.49. The summed E-state index contributed by atoms with van der Waals surface area (Å²) in [5.74, 6) is 1.31. The van der Waals surface area contributed by atoms with Gasteiger partial charge in [0.1, 0.15) is 12.1 Å². The van der Waals surface area contributed by atoms with Crippen LogP contribution in [0.3, 0.4) is 0 Å². The van der Waals surface area contributed by atoms with Gasteiger partial charge >= 0.3 is 0 Å². The molecule has 2 aromatic rings. The van der Waals surface area contributed by atoms with Crippen molar-refractivity contribution in [3.05, 3.63) is 12.5 Å². The van der Waals surface area contributed by atoms with E-state index in [1.54, 1.807) is 10.9 Å². The monoisotopic (exact) mass is 324 g/mol. The van der Waals surface area contributed by atoms with Crippen LogP contribution in [-0.2, 0) is 11.3 Å². The van der Waals surface area contributed by atoms with Crippen molar-refractivity contribution in [3.8, 4) is 0 Å². The first-order chi connectivity index (χ1) is 10.8. The Kier molecular flexibility index (Phi) is 6.39. The minimum atomic E-state index is 0.0111. The van der Waals surface area contributed by atoms with Crippen LogP contribution < -0.4 is 10.6 Å². The number of hydrogen-bond donors (Lipinski definition) is 2. The molecule has 2 rings (SSSR count). The third kappa shape index (κ3) is 4.30. The van der Waals surface area contributed by atoms with E-state index in [4.69, 9.17) is 11.6 Å². The van der Waals surface area contributed by atoms with Crippen LogP contribution in [0.1, 0.15) is 26.2 Å². The van der Waals surface area contributed by atoms with Gasteiger partial charge in [-0.25, -0.2) is 14.6 Å². The van der Waals surface area contributed by atoms with E-state index in [9.17, 15) is 4.79 Å². The molecule has 2 N–H and O–H groups in total. The van der Waals surface area contributed by atoms with Crippen molar-refractivity contribution in [3.63, 3.8) is 0 Å². The lowest BCUT2D eigenvalue weighted by molar-refractivity contribution is -0.121. The van der Waals surface area contributed by atoms with Crippen molar-refractivity contribution in [1.29, 1.82) is 0 Å². The number of carbonyl (C=O) groups is 1. The molecule has 7 nitrogen and oxygen atoms in total. The summed E-state index contributed by atoms with van der Waals surface area (Å²) in [6.07, 6.45) is 5.45. The van der Waals surface area contributed by atoms with Gasteiger partial charge in [-0.05, 0) is 12.8 Å². The molecule has 120 valence electrons. The maximum atomic E-state index is 11.5. The Hall–Kier alpha value is -1.89. The molecule has 0 aromatic carbocycles. The number of hydrogen-bond acceptors (Lipinski definition) is 5. The topological polar surface area (TPSA) is 84.7 Å². The van der Waals surface area contributed by atoms with E-state index in [1.807, 2.05) is 0 Å². The van der Waals surface area contributed by atoms with E-state index < -0.39 is 0 Å². The van der Waals surface area contributed by atoms with E-state index in [0.717, 1.165) is 29.8 Å². The maximum Gasteiger partial charge on any atom is 0.220 e. The summed E-state index contributed by atoms with van der Waals surface area (Å²) in [6, 6.07) is 0. The Bertz CT molecular complexity index is 614. The molecule has 0 atom stereocenters. The number of amides is 1. The van der Waals surface area contributed by atoms with Crippen LogP contribution in [0.5, 0.6) is 0 Å². The highest BCUT2D eigenvalue weighted by Crippen LogP contribution is 2.18. The van der Waals surface area contributed by atoms with Crippen LogP contribution in [0.2, 0.25) is 0 Å². The van der Waals surface area contributed by atoms with Crippen LogP contribution in [0.25, 0.3) is 11.0 Å².